The molecule has 0 radical (unpaired) electrons. The zero-order valence-electron chi connectivity index (χ0n) is 16.3. The fourth-order valence-corrected chi connectivity index (χ4v) is 4.56. The summed E-state index contributed by atoms with van der Waals surface area (Å²) in [4.78, 5) is 10.7. The van der Waals surface area contributed by atoms with Gasteiger partial charge in [-0.2, -0.15) is 5.10 Å². The van der Waals surface area contributed by atoms with Gasteiger partial charge in [0.05, 0.1) is 23.0 Å². The molecule has 5 rings (SSSR count). The Hall–Kier alpha value is -2.16. The highest BCUT2D eigenvalue weighted by Crippen LogP contribution is 2.46. The Morgan fingerprint density at radius 3 is 2.89 bits per heavy atom. The van der Waals surface area contributed by atoms with E-state index < -0.39 is 0 Å². The van der Waals surface area contributed by atoms with E-state index in [1.54, 1.807) is 0 Å². The zero-order valence-corrected chi connectivity index (χ0v) is 16.3. The number of anilines is 1. The van der Waals surface area contributed by atoms with Crippen molar-refractivity contribution in [2.24, 2.45) is 11.7 Å². The molecule has 8 nitrogen and oxygen atoms in total. The fourth-order valence-electron chi connectivity index (χ4n) is 4.56. The van der Waals surface area contributed by atoms with Crippen molar-refractivity contribution < 1.29 is 9.57 Å². The summed E-state index contributed by atoms with van der Waals surface area (Å²) in [6.45, 7) is 5.18. The Balaban J connectivity index is 1.52. The summed E-state index contributed by atoms with van der Waals surface area (Å²) in [5.41, 5.74) is 12.7. The Bertz CT molecular complexity index is 895. The number of fused-ring (bicyclic) bond motifs is 1. The quantitative estimate of drug-likeness (QED) is 0.725. The van der Waals surface area contributed by atoms with Crippen LogP contribution in [0.3, 0.4) is 0 Å². The second-order valence-electron chi connectivity index (χ2n) is 8.11. The minimum atomic E-state index is -0.224. The van der Waals surface area contributed by atoms with Crippen LogP contribution in [0.4, 0.5) is 5.69 Å². The number of rotatable bonds is 5. The zero-order chi connectivity index (χ0) is 19.1. The number of aromatic nitrogens is 3. The van der Waals surface area contributed by atoms with Gasteiger partial charge in [0.2, 0.25) is 0 Å². The lowest BCUT2D eigenvalue weighted by Gasteiger charge is -2.41. The minimum absolute atomic E-state index is 0.224. The molecule has 0 amide bonds. The van der Waals surface area contributed by atoms with E-state index in [2.05, 4.69) is 28.9 Å². The van der Waals surface area contributed by atoms with Gasteiger partial charge < -0.3 is 15.8 Å². The summed E-state index contributed by atoms with van der Waals surface area (Å²) in [6, 6.07) is 0.380. The highest BCUT2D eigenvalue weighted by atomic mass is 16.7. The summed E-state index contributed by atoms with van der Waals surface area (Å²) < 4.78 is 7.45. The fraction of sp³-hybridized carbons (Fsp3) is 0.600. The molecule has 3 aliphatic rings. The number of nitrogens with zero attached hydrogens (tertiary/aromatic N) is 3. The Labute approximate surface area is 164 Å². The predicted octanol–water partition coefficient (Wildman–Crippen LogP) is 2.03. The van der Waals surface area contributed by atoms with Gasteiger partial charge in [-0.25, -0.2) is 9.67 Å². The standard InChI is InChI=1S/C20H28N6O2/c1-2-26-19-16(12-23-26)18(24-14-3-5-27-6-4-14)15(11-22-19)17-9-20(28-25-17)7-13(8-20)10-21/h9,11-14,25H,2-8,10,21H2,1H3,(H,22,24). The molecule has 0 atom stereocenters. The van der Waals surface area contributed by atoms with Crippen molar-refractivity contribution in [2.45, 2.75) is 50.8 Å². The molecule has 1 spiro atoms. The second kappa shape index (κ2) is 7.02. The lowest BCUT2D eigenvalue weighted by Crippen LogP contribution is -2.46. The van der Waals surface area contributed by atoms with Crippen LogP contribution < -0.4 is 16.5 Å². The van der Waals surface area contributed by atoms with Gasteiger partial charge in [0.1, 0.15) is 5.60 Å². The number of hydrogen-bond acceptors (Lipinski definition) is 7. The first-order valence-corrected chi connectivity index (χ1v) is 10.3. The normalized spacial score (nSPS) is 27.6. The summed E-state index contributed by atoms with van der Waals surface area (Å²) in [6.07, 6.45) is 9.97. The third-order valence-corrected chi connectivity index (χ3v) is 6.20. The maximum absolute atomic E-state index is 5.96. The first-order chi connectivity index (χ1) is 13.7. The van der Waals surface area contributed by atoms with Crippen LogP contribution in [0, 0.1) is 5.92 Å². The molecule has 2 aromatic rings. The van der Waals surface area contributed by atoms with Gasteiger partial charge in [-0.3, -0.25) is 10.3 Å². The number of nitrogens with one attached hydrogen (secondary N) is 2. The van der Waals surface area contributed by atoms with E-state index in [4.69, 9.17) is 20.3 Å². The third kappa shape index (κ3) is 2.96. The number of pyridine rings is 1. The Morgan fingerprint density at radius 1 is 1.32 bits per heavy atom. The molecule has 1 saturated heterocycles. The van der Waals surface area contributed by atoms with Crippen molar-refractivity contribution in [2.75, 3.05) is 25.1 Å². The van der Waals surface area contributed by atoms with Gasteiger partial charge >= 0.3 is 0 Å². The van der Waals surface area contributed by atoms with Crippen LogP contribution >= 0.6 is 0 Å². The van der Waals surface area contributed by atoms with Crippen LogP contribution in [-0.4, -0.2) is 46.2 Å². The Kier molecular flexibility index (Phi) is 4.49. The summed E-state index contributed by atoms with van der Waals surface area (Å²) in [5, 5.41) is 9.32. The van der Waals surface area contributed by atoms with E-state index in [9.17, 15) is 0 Å². The lowest BCUT2D eigenvalue weighted by atomic mass is 9.70. The smallest absolute Gasteiger partial charge is 0.159 e. The maximum atomic E-state index is 5.96. The van der Waals surface area contributed by atoms with Crippen molar-refractivity contribution in [3.05, 3.63) is 24.0 Å². The molecule has 0 aromatic carbocycles. The summed E-state index contributed by atoms with van der Waals surface area (Å²) in [7, 11) is 0. The van der Waals surface area contributed by atoms with E-state index in [1.807, 2.05) is 17.1 Å². The number of hydrogen-bond donors (Lipinski definition) is 3. The molecule has 150 valence electrons. The van der Waals surface area contributed by atoms with E-state index in [0.717, 1.165) is 73.4 Å². The highest BCUT2D eigenvalue weighted by Gasteiger charge is 2.47. The van der Waals surface area contributed by atoms with E-state index in [1.165, 1.54) is 0 Å². The molecule has 0 unspecified atom stereocenters. The first kappa shape index (κ1) is 17.9. The lowest BCUT2D eigenvalue weighted by molar-refractivity contribution is -0.108. The van der Waals surface area contributed by atoms with Crippen LogP contribution in [-0.2, 0) is 16.1 Å². The van der Waals surface area contributed by atoms with Crippen molar-refractivity contribution >= 4 is 22.4 Å². The predicted molar refractivity (Wildman–Crippen MR) is 107 cm³/mol. The number of aryl methyl sites for hydroxylation is 1. The molecule has 1 aliphatic carbocycles. The molecule has 1 saturated carbocycles. The molecule has 28 heavy (non-hydrogen) atoms. The van der Waals surface area contributed by atoms with Crippen LogP contribution in [0.25, 0.3) is 16.7 Å². The van der Waals surface area contributed by atoms with E-state index in [0.29, 0.717) is 18.5 Å². The van der Waals surface area contributed by atoms with Crippen LogP contribution in [0.15, 0.2) is 18.5 Å². The van der Waals surface area contributed by atoms with Gasteiger partial charge in [0, 0.05) is 37.6 Å². The van der Waals surface area contributed by atoms with E-state index >= 15 is 0 Å². The Morgan fingerprint density at radius 2 is 2.14 bits per heavy atom. The largest absolute Gasteiger partial charge is 0.381 e. The van der Waals surface area contributed by atoms with Crippen molar-refractivity contribution in [3.8, 4) is 0 Å². The van der Waals surface area contributed by atoms with Crippen molar-refractivity contribution in [1.82, 2.24) is 20.2 Å². The second-order valence-corrected chi connectivity index (χ2v) is 8.11. The molecule has 2 fully saturated rings. The molecule has 2 aliphatic heterocycles. The van der Waals surface area contributed by atoms with Crippen LogP contribution in [0.2, 0.25) is 0 Å². The van der Waals surface area contributed by atoms with Crippen molar-refractivity contribution in [3.63, 3.8) is 0 Å². The number of ether oxygens (including phenoxy) is 1. The molecule has 4 heterocycles. The third-order valence-electron chi connectivity index (χ3n) is 6.20. The highest BCUT2D eigenvalue weighted by molar-refractivity contribution is 5.95. The van der Waals surface area contributed by atoms with Gasteiger partial charge in [0.15, 0.2) is 5.65 Å². The van der Waals surface area contributed by atoms with E-state index in [-0.39, 0.29) is 5.60 Å². The van der Waals surface area contributed by atoms with Crippen LogP contribution in [0.5, 0.6) is 0 Å². The molecular formula is C20H28N6O2. The minimum Gasteiger partial charge on any atom is -0.381 e. The number of hydroxylamine groups is 1. The van der Waals surface area contributed by atoms with Crippen molar-refractivity contribution in [1.29, 1.82) is 0 Å². The average molecular weight is 384 g/mol. The monoisotopic (exact) mass is 384 g/mol. The molecular weight excluding hydrogens is 356 g/mol. The molecule has 0 bridgehead atoms. The van der Waals surface area contributed by atoms with Gasteiger partial charge in [-0.15, -0.1) is 0 Å². The summed E-state index contributed by atoms with van der Waals surface area (Å²) >= 11 is 0. The maximum Gasteiger partial charge on any atom is 0.159 e. The first-order valence-electron chi connectivity index (χ1n) is 10.3. The average Bonchev–Trinajstić information content (AvgIpc) is 3.32. The molecule has 2 aromatic heterocycles. The summed E-state index contributed by atoms with van der Waals surface area (Å²) in [5.74, 6) is 0.542. The SMILES string of the molecule is CCn1ncc2c(NC3CCOCC3)c(C3=CC4(CC(CN)C4)ON3)cnc21. The number of nitrogens with two attached hydrogens (primary N) is 1. The topological polar surface area (TPSA) is 99.2 Å². The van der Waals surface area contributed by atoms with Gasteiger partial charge in [0.25, 0.3) is 0 Å². The van der Waals surface area contributed by atoms with Crippen LogP contribution in [0.1, 0.15) is 38.2 Å². The van der Waals surface area contributed by atoms with Gasteiger partial charge in [-0.05, 0) is 51.1 Å². The molecule has 8 heteroatoms. The molecule has 4 N–H and O–H groups in total. The van der Waals surface area contributed by atoms with Gasteiger partial charge in [-0.1, -0.05) is 0 Å².